The first-order valence-electron chi connectivity index (χ1n) is 9.05. The first kappa shape index (κ1) is 20.6. The lowest BCUT2D eigenvalue weighted by atomic mass is 9.92. The number of carboxylic acid groups (broad SMARTS) is 1. The number of ether oxygens (including phenoxy) is 1. The SMILES string of the molecule is CC(C)(COCc1ccccc1)C(=O)NCC(Cc1ccccc1)C(=O)O. The van der Waals surface area contributed by atoms with E-state index in [0.29, 0.717) is 13.0 Å². The van der Waals surface area contributed by atoms with Gasteiger partial charge >= 0.3 is 5.97 Å². The summed E-state index contributed by atoms with van der Waals surface area (Å²) in [5, 5.41) is 12.2. The molecule has 0 saturated carbocycles. The normalized spacial score (nSPS) is 12.4. The minimum absolute atomic E-state index is 0.0885. The molecule has 0 aliphatic rings. The molecule has 5 nitrogen and oxygen atoms in total. The zero-order valence-corrected chi connectivity index (χ0v) is 15.9. The van der Waals surface area contributed by atoms with E-state index >= 15 is 0 Å². The summed E-state index contributed by atoms with van der Waals surface area (Å²) in [7, 11) is 0. The van der Waals surface area contributed by atoms with Crippen LogP contribution in [0.4, 0.5) is 0 Å². The molecule has 0 aromatic heterocycles. The molecule has 0 radical (unpaired) electrons. The first-order chi connectivity index (χ1) is 12.9. The number of nitrogens with one attached hydrogen (secondary N) is 1. The van der Waals surface area contributed by atoms with Crippen molar-refractivity contribution >= 4 is 11.9 Å². The van der Waals surface area contributed by atoms with Gasteiger partial charge in [-0.1, -0.05) is 60.7 Å². The highest BCUT2D eigenvalue weighted by Crippen LogP contribution is 2.17. The van der Waals surface area contributed by atoms with Crippen LogP contribution in [0.25, 0.3) is 0 Å². The van der Waals surface area contributed by atoms with Crippen molar-refractivity contribution < 1.29 is 19.4 Å². The Hall–Kier alpha value is -2.66. The third kappa shape index (κ3) is 6.87. The third-order valence-electron chi connectivity index (χ3n) is 4.37. The van der Waals surface area contributed by atoms with Crippen LogP contribution in [0.3, 0.4) is 0 Å². The van der Waals surface area contributed by atoms with E-state index < -0.39 is 17.3 Å². The lowest BCUT2D eigenvalue weighted by molar-refractivity contribution is -0.142. The Morgan fingerprint density at radius 1 is 1.00 bits per heavy atom. The topological polar surface area (TPSA) is 75.6 Å². The predicted molar refractivity (Wildman–Crippen MR) is 104 cm³/mol. The molecule has 0 spiro atoms. The van der Waals surface area contributed by atoms with Crippen LogP contribution in [0.1, 0.15) is 25.0 Å². The molecule has 0 aliphatic carbocycles. The predicted octanol–water partition coefficient (Wildman–Crippen LogP) is 3.29. The van der Waals surface area contributed by atoms with Gasteiger partial charge < -0.3 is 15.2 Å². The molecule has 0 aliphatic heterocycles. The van der Waals surface area contributed by atoms with E-state index in [1.54, 1.807) is 13.8 Å². The van der Waals surface area contributed by atoms with Gasteiger partial charge in [0, 0.05) is 6.54 Å². The molecule has 0 bridgehead atoms. The second kappa shape index (κ2) is 9.88. The van der Waals surface area contributed by atoms with E-state index in [-0.39, 0.29) is 19.1 Å². The second-order valence-electron chi connectivity index (χ2n) is 7.30. The summed E-state index contributed by atoms with van der Waals surface area (Å²) >= 11 is 0. The number of rotatable bonds is 10. The molecule has 144 valence electrons. The average Bonchev–Trinajstić information content (AvgIpc) is 2.66. The summed E-state index contributed by atoms with van der Waals surface area (Å²) < 4.78 is 5.68. The average molecular weight is 369 g/mol. The highest BCUT2D eigenvalue weighted by atomic mass is 16.5. The Bertz CT molecular complexity index is 728. The van der Waals surface area contributed by atoms with Crippen molar-refractivity contribution in [2.45, 2.75) is 26.9 Å². The van der Waals surface area contributed by atoms with Crippen LogP contribution in [0.2, 0.25) is 0 Å². The Kier molecular flexibility index (Phi) is 7.55. The van der Waals surface area contributed by atoms with E-state index in [1.165, 1.54) is 0 Å². The summed E-state index contributed by atoms with van der Waals surface area (Å²) in [4.78, 5) is 24.0. The number of hydrogen-bond donors (Lipinski definition) is 2. The van der Waals surface area contributed by atoms with Crippen molar-refractivity contribution in [1.29, 1.82) is 0 Å². The van der Waals surface area contributed by atoms with E-state index in [0.717, 1.165) is 11.1 Å². The first-order valence-corrected chi connectivity index (χ1v) is 9.05. The number of amides is 1. The number of carbonyl (C=O) groups is 2. The van der Waals surface area contributed by atoms with Crippen LogP contribution in [-0.2, 0) is 27.4 Å². The summed E-state index contributed by atoms with van der Waals surface area (Å²) in [6, 6.07) is 19.2. The van der Waals surface area contributed by atoms with E-state index in [2.05, 4.69) is 5.32 Å². The molecule has 1 unspecified atom stereocenters. The van der Waals surface area contributed by atoms with Gasteiger partial charge in [0.15, 0.2) is 0 Å². The zero-order chi connectivity index (χ0) is 19.7. The smallest absolute Gasteiger partial charge is 0.308 e. The van der Waals surface area contributed by atoms with Gasteiger partial charge in [-0.15, -0.1) is 0 Å². The Morgan fingerprint density at radius 2 is 1.56 bits per heavy atom. The minimum Gasteiger partial charge on any atom is -0.481 e. The number of hydrogen-bond acceptors (Lipinski definition) is 3. The fourth-order valence-corrected chi connectivity index (χ4v) is 2.66. The van der Waals surface area contributed by atoms with Crippen molar-refractivity contribution in [3.63, 3.8) is 0 Å². The largest absolute Gasteiger partial charge is 0.481 e. The van der Waals surface area contributed by atoms with Gasteiger partial charge in [0.25, 0.3) is 0 Å². The van der Waals surface area contributed by atoms with Gasteiger partial charge in [-0.2, -0.15) is 0 Å². The van der Waals surface area contributed by atoms with Crippen LogP contribution >= 0.6 is 0 Å². The summed E-state index contributed by atoms with van der Waals surface area (Å²) in [5.41, 5.74) is 1.23. The maximum absolute atomic E-state index is 12.5. The van der Waals surface area contributed by atoms with Gasteiger partial charge in [0.1, 0.15) is 0 Å². The van der Waals surface area contributed by atoms with Crippen LogP contribution in [0.5, 0.6) is 0 Å². The molecule has 2 aromatic carbocycles. The van der Waals surface area contributed by atoms with Gasteiger partial charge in [-0.05, 0) is 31.4 Å². The molecule has 0 fully saturated rings. The lowest BCUT2D eigenvalue weighted by Crippen LogP contribution is -2.43. The maximum atomic E-state index is 12.5. The van der Waals surface area contributed by atoms with Gasteiger partial charge in [0.05, 0.1) is 24.5 Å². The minimum atomic E-state index is -0.919. The maximum Gasteiger partial charge on any atom is 0.308 e. The molecule has 2 rings (SSSR count). The van der Waals surface area contributed by atoms with Crippen molar-refractivity contribution in [3.8, 4) is 0 Å². The van der Waals surface area contributed by atoms with Crippen molar-refractivity contribution in [2.75, 3.05) is 13.2 Å². The Morgan fingerprint density at radius 3 is 2.11 bits per heavy atom. The van der Waals surface area contributed by atoms with Crippen molar-refractivity contribution in [3.05, 3.63) is 71.8 Å². The molecule has 5 heteroatoms. The fourth-order valence-electron chi connectivity index (χ4n) is 2.66. The van der Waals surface area contributed by atoms with Crippen LogP contribution in [-0.4, -0.2) is 30.1 Å². The van der Waals surface area contributed by atoms with Crippen molar-refractivity contribution in [1.82, 2.24) is 5.32 Å². The Labute approximate surface area is 160 Å². The summed E-state index contributed by atoms with van der Waals surface area (Å²) in [5.74, 6) is -1.80. The summed E-state index contributed by atoms with van der Waals surface area (Å²) in [6.07, 6.45) is 0.376. The van der Waals surface area contributed by atoms with Crippen LogP contribution in [0.15, 0.2) is 60.7 Å². The molecule has 2 aromatic rings. The highest BCUT2D eigenvalue weighted by Gasteiger charge is 2.29. The zero-order valence-electron chi connectivity index (χ0n) is 15.9. The molecule has 1 atom stereocenters. The summed E-state index contributed by atoms with van der Waals surface area (Å²) in [6.45, 7) is 4.36. The van der Waals surface area contributed by atoms with E-state index in [4.69, 9.17) is 4.74 Å². The number of benzene rings is 2. The van der Waals surface area contributed by atoms with Gasteiger partial charge in [0.2, 0.25) is 5.91 Å². The molecular weight excluding hydrogens is 342 g/mol. The van der Waals surface area contributed by atoms with E-state index in [9.17, 15) is 14.7 Å². The number of carboxylic acids is 1. The van der Waals surface area contributed by atoms with Crippen LogP contribution in [0, 0.1) is 11.3 Å². The standard InChI is InChI=1S/C22H27NO4/c1-22(2,16-27-15-18-11-7-4-8-12-18)21(26)23-14-19(20(24)25)13-17-9-5-3-6-10-17/h3-12,19H,13-16H2,1-2H3,(H,23,26)(H,24,25). The molecule has 27 heavy (non-hydrogen) atoms. The number of aliphatic carboxylic acids is 1. The molecule has 2 N–H and O–H groups in total. The molecule has 0 heterocycles. The molecule has 0 saturated heterocycles. The van der Waals surface area contributed by atoms with Crippen molar-refractivity contribution in [2.24, 2.45) is 11.3 Å². The van der Waals surface area contributed by atoms with Gasteiger partial charge in [-0.3, -0.25) is 9.59 Å². The lowest BCUT2D eigenvalue weighted by Gasteiger charge is -2.24. The third-order valence-corrected chi connectivity index (χ3v) is 4.37. The number of carbonyl (C=O) groups excluding carboxylic acids is 1. The monoisotopic (exact) mass is 369 g/mol. The van der Waals surface area contributed by atoms with Gasteiger partial charge in [-0.25, -0.2) is 0 Å². The molecular formula is C22H27NO4. The van der Waals surface area contributed by atoms with E-state index in [1.807, 2.05) is 60.7 Å². The van der Waals surface area contributed by atoms with Crippen LogP contribution < -0.4 is 5.32 Å². The quantitative estimate of drug-likeness (QED) is 0.674. The fraction of sp³-hybridized carbons (Fsp3) is 0.364. The Balaban J connectivity index is 1.83. The second-order valence-corrected chi connectivity index (χ2v) is 7.30. The molecule has 1 amide bonds. The highest BCUT2D eigenvalue weighted by molar-refractivity contribution is 5.82.